The number of aliphatic hydroxyl groups is 1. The van der Waals surface area contributed by atoms with E-state index in [9.17, 15) is 9.90 Å². The first-order valence-corrected chi connectivity index (χ1v) is 5.39. The monoisotopic (exact) mass is 236 g/mol. The van der Waals surface area contributed by atoms with E-state index in [0.29, 0.717) is 13.0 Å². The van der Waals surface area contributed by atoms with Crippen LogP contribution in [0.4, 0.5) is 0 Å². The predicted octanol–water partition coefficient (Wildman–Crippen LogP) is 2.46. The Morgan fingerprint density at radius 2 is 2.06 bits per heavy atom. The fourth-order valence-electron chi connectivity index (χ4n) is 1.22. The van der Waals surface area contributed by atoms with Gasteiger partial charge < -0.3 is 14.6 Å². The van der Waals surface area contributed by atoms with Crippen molar-refractivity contribution in [3.63, 3.8) is 0 Å². The van der Waals surface area contributed by atoms with Gasteiger partial charge in [-0.3, -0.25) is 0 Å². The number of rotatable bonds is 6. The molecule has 0 aliphatic carbocycles. The van der Waals surface area contributed by atoms with E-state index in [4.69, 9.17) is 4.74 Å². The van der Waals surface area contributed by atoms with Crippen molar-refractivity contribution in [1.82, 2.24) is 0 Å². The van der Waals surface area contributed by atoms with Crippen LogP contribution in [-0.4, -0.2) is 24.8 Å². The minimum absolute atomic E-state index is 0.354. The molecular weight excluding hydrogens is 220 g/mol. The number of unbranched alkanes of at least 4 members (excludes halogenated alkanes) is 1. The van der Waals surface area contributed by atoms with Gasteiger partial charge in [-0.05, 0) is 31.1 Å². The van der Waals surface area contributed by atoms with E-state index in [1.54, 1.807) is 0 Å². The lowest BCUT2D eigenvalue weighted by atomic mass is 10.3. The summed E-state index contributed by atoms with van der Waals surface area (Å²) in [5.74, 6) is -0.255. The number of para-hydroxylation sites is 1. The molecule has 0 aromatic heterocycles. The standard InChI is InChI=1S/C13H16O4/c1-16-13(15)12(14)9-5-6-10-17-11-7-3-2-4-8-11/h2-4,7-9,14H,5-6,10H2,1H3. The van der Waals surface area contributed by atoms with E-state index >= 15 is 0 Å². The van der Waals surface area contributed by atoms with Crippen LogP contribution >= 0.6 is 0 Å². The molecule has 0 unspecified atom stereocenters. The summed E-state index contributed by atoms with van der Waals surface area (Å²) in [6, 6.07) is 9.48. The van der Waals surface area contributed by atoms with Crippen molar-refractivity contribution in [2.75, 3.05) is 13.7 Å². The first kappa shape index (κ1) is 13.1. The van der Waals surface area contributed by atoms with Gasteiger partial charge in [-0.25, -0.2) is 4.79 Å². The van der Waals surface area contributed by atoms with Crippen LogP contribution in [0.3, 0.4) is 0 Å². The van der Waals surface area contributed by atoms with Crippen LogP contribution in [-0.2, 0) is 9.53 Å². The highest BCUT2D eigenvalue weighted by molar-refractivity contribution is 5.85. The van der Waals surface area contributed by atoms with Gasteiger partial charge in [0.15, 0.2) is 5.76 Å². The minimum atomic E-state index is -0.714. The summed E-state index contributed by atoms with van der Waals surface area (Å²) < 4.78 is 9.80. The quantitative estimate of drug-likeness (QED) is 0.357. The molecule has 0 bridgehead atoms. The van der Waals surface area contributed by atoms with Crippen molar-refractivity contribution in [3.05, 3.63) is 42.2 Å². The van der Waals surface area contributed by atoms with E-state index in [-0.39, 0.29) is 5.76 Å². The van der Waals surface area contributed by atoms with Gasteiger partial charge >= 0.3 is 5.97 Å². The average molecular weight is 236 g/mol. The molecule has 0 spiro atoms. The van der Waals surface area contributed by atoms with E-state index in [0.717, 1.165) is 12.2 Å². The maximum Gasteiger partial charge on any atom is 0.372 e. The van der Waals surface area contributed by atoms with Crippen molar-refractivity contribution < 1.29 is 19.4 Å². The molecular formula is C13H16O4. The Labute approximate surface area is 100 Å². The molecule has 0 heterocycles. The van der Waals surface area contributed by atoms with E-state index in [1.807, 2.05) is 30.3 Å². The van der Waals surface area contributed by atoms with Crippen molar-refractivity contribution in [2.45, 2.75) is 12.8 Å². The minimum Gasteiger partial charge on any atom is -0.502 e. The largest absolute Gasteiger partial charge is 0.502 e. The van der Waals surface area contributed by atoms with Crippen LogP contribution in [0.5, 0.6) is 5.75 Å². The summed E-state index contributed by atoms with van der Waals surface area (Å²) in [5.41, 5.74) is 0. The highest BCUT2D eigenvalue weighted by Crippen LogP contribution is 2.09. The van der Waals surface area contributed by atoms with Crippen LogP contribution in [0.25, 0.3) is 0 Å². The number of methoxy groups -OCH3 is 1. The van der Waals surface area contributed by atoms with Crippen molar-refractivity contribution in [1.29, 1.82) is 0 Å². The Morgan fingerprint density at radius 3 is 2.71 bits per heavy atom. The molecule has 0 aliphatic rings. The molecule has 0 fully saturated rings. The van der Waals surface area contributed by atoms with E-state index in [2.05, 4.69) is 4.74 Å². The van der Waals surface area contributed by atoms with Gasteiger partial charge in [-0.1, -0.05) is 18.2 Å². The molecule has 0 saturated carbocycles. The maximum absolute atomic E-state index is 10.8. The second-order valence-electron chi connectivity index (χ2n) is 3.38. The SMILES string of the molecule is COC(=O)C(O)=CCCCOc1ccccc1. The lowest BCUT2D eigenvalue weighted by Gasteiger charge is -2.04. The summed E-state index contributed by atoms with van der Waals surface area (Å²) in [5, 5.41) is 9.18. The third-order valence-corrected chi connectivity index (χ3v) is 2.09. The van der Waals surface area contributed by atoms with Gasteiger partial charge in [0.1, 0.15) is 5.75 Å². The normalized spacial score (nSPS) is 11.0. The molecule has 1 rings (SSSR count). The number of hydrogen-bond acceptors (Lipinski definition) is 4. The Morgan fingerprint density at radius 1 is 1.35 bits per heavy atom. The van der Waals surface area contributed by atoms with Crippen LogP contribution in [0.2, 0.25) is 0 Å². The number of ether oxygens (including phenoxy) is 2. The number of esters is 1. The molecule has 0 atom stereocenters. The number of carbonyl (C=O) groups excluding carboxylic acids is 1. The lowest BCUT2D eigenvalue weighted by molar-refractivity contribution is -0.139. The Hall–Kier alpha value is -1.97. The molecule has 0 radical (unpaired) electrons. The molecule has 0 aliphatic heterocycles. The fourth-order valence-corrected chi connectivity index (χ4v) is 1.22. The van der Waals surface area contributed by atoms with Crippen LogP contribution in [0.15, 0.2) is 42.2 Å². The third-order valence-electron chi connectivity index (χ3n) is 2.09. The van der Waals surface area contributed by atoms with Gasteiger partial charge in [0.25, 0.3) is 0 Å². The fraction of sp³-hybridized carbons (Fsp3) is 0.308. The second-order valence-corrected chi connectivity index (χ2v) is 3.38. The Bertz CT molecular complexity index is 370. The molecule has 4 nitrogen and oxygen atoms in total. The van der Waals surface area contributed by atoms with E-state index < -0.39 is 5.97 Å². The van der Waals surface area contributed by atoms with Gasteiger partial charge in [-0.2, -0.15) is 0 Å². The number of benzene rings is 1. The zero-order chi connectivity index (χ0) is 12.5. The molecule has 92 valence electrons. The molecule has 17 heavy (non-hydrogen) atoms. The summed E-state index contributed by atoms with van der Waals surface area (Å²) in [4.78, 5) is 10.8. The zero-order valence-electron chi connectivity index (χ0n) is 9.76. The van der Waals surface area contributed by atoms with Crippen LogP contribution in [0, 0.1) is 0 Å². The van der Waals surface area contributed by atoms with Crippen molar-refractivity contribution in [2.24, 2.45) is 0 Å². The highest BCUT2D eigenvalue weighted by Gasteiger charge is 2.04. The summed E-state index contributed by atoms with van der Waals surface area (Å²) >= 11 is 0. The number of carbonyl (C=O) groups is 1. The molecule has 0 amide bonds. The van der Waals surface area contributed by atoms with Gasteiger partial charge in [0, 0.05) is 0 Å². The molecule has 1 aromatic rings. The molecule has 1 N–H and O–H groups in total. The zero-order valence-corrected chi connectivity index (χ0v) is 9.76. The maximum atomic E-state index is 10.8. The van der Waals surface area contributed by atoms with Gasteiger partial charge in [0.2, 0.25) is 0 Å². The first-order valence-electron chi connectivity index (χ1n) is 5.39. The van der Waals surface area contributed by atoms with E-state index in [1.165, 1.54) is 13.2 Å². The average Bonchev–Trinajstić information content (AvgIpc) is 2.38. The van der Waals surface area contributed by atoms with Crippen LogP contribution in [0.1, 0.15) is 12.8 Å². The molecule has 4 heteroatoms. The number of hydrogen-bond donors (Lipinski definition) is 1. The van der Waals surface area contributed by atoms with Crippen LogP contribution < -0.4 is 4.74 Å². The summed E-state index contributed by atoms with van der Waals surface area (Å²) in [7, 11) is 1.23. The smallest absolute Gasteiger partial charge is 0.372 e. The first-order chi connectivity index (χ1) is 8.24. The lowest BCUT2D eigenvalue weighted by Crippen LogP contribution is -2.04. The number of allylic oxidation sites excluding steroid dienone is 1. The molecule has 0 saturated heterocycles. The highest BCUT2D eigenvalue weighted by atomic mass is 16.5. The Kier molecular flexibility index (Phi) is 5.64. The van der Waals surface area contributed by atoms with Crippen molar-refractivity contribution in [3.8, 4) is 5.75 Å². The van der Waals surface area contributed by atoms with Gasteiger partial charge in [0.05, 0.1) is 13.7 Å². The summed E-state index contributed by atoms with van der Waals surface area (Å²) in [6.45, 7) is 0.537. The van der Waals surface area contributed by atoms with Crippen molar-refractivity contribution >= 4 is 5.97 Å². The molecule has 1 aromatic carbocycles. The predicted molar refractivity (Wildman–Crippen MR) is 63.9 cm³/mol. The second kappa shape index (κ2) is 7.33. The Balaban J connectivity index is 2.19. The number of aliphatic hydroxyl groups excluding tert-OH is 1. The topological polar surface area (TPSA) is 55.8 Å². The third kappa shape index (κ3) is 5.06. The summed E-state index contributed by atoms with van der Waals surface area (Å²) in [6.07, 6.45) is 2.71. The van der Waals surface area contributed by atoms with Gasteiger partial charge in [-0.15, -0.1) is 0 Å².